The molecule has 0 spiro atoms. The predicted octanol–water partition coefficient (Wildman–Crippen LogP) is 4.84. The number of rotatable bonds is 6. The summed E-state index contributed by atoms with van der Waals surface area (Å²) < 4.78 is 85.5. The van der Waals surface area contributed by atoms with Crippen LogP contribution in [0.25, 0.3) is 11.8 Å². The lowest BCUT2D eigenvalue weighted by molar-refractivity contribution is -0.137. The third-order valence-corrected chi connectivity index (χ3v) is 10.2. The normalized spacial score (nSPS) is 20.4. The molecule has 1 saturated carbocycles. The van der Waals surface area contributed by atoms with Crippen molar-refractivity contribution < 1.29 is 30.8 Å². The van der Waals surface area contributed by atoms with Crippen molar-refractivity contribution >= 4 is 21.9 Å². The van der Waals surface area contributed by atoms with Crippen LogP contribution < -0.4 is 0 Å². The Balaban J connectivity index is 1.44. The lowest BCUT2D eigenvalue weighted by atomic mass is 9.60. The lowest BCUT2D eigenvalue weighted by Crippen LogP contribution is -2.49. The molecule has 2 aliphatic rings. The Labute approximate surface area is 244 Å². The van der Waals surface area contributed by atoms with Gasteiger partial charge in [0.15, 0.2) is 5.78 Å². The third kappa shape index (κ3) is 4.97. The topological polar surface area (TPSA) is 103 Å². The number of aromatic nitrogens is 5. The molecular formula is C29H26F4N6O3S. The van der Waals surface area contributed by atoms with Gasteiger partial charge in [-0.15, -0.1) is 0 Å². The number of Topliss-reactive ketones (excluding diaryl/α,β-unsaturated/α-hetero) is 1. The zero-order valence-electron chi connectivity index (χ0n) is 23.1. The fourth-order valence-corrected chi connectivity index (χ4v) is 7.42. The molecule has 6 rings (SSSR count). The standard InChI is InChI=1S/C29H26F4N6O3S/c1-37-17-24(16-35-37)43(41,42)38(2)23-6-3-19-12-26-18(15-36-39(26)22-7-4-21(30)5-8-22)13-28(19,14-23)27(40)25-11-20(9-10-34-25)29(31,32)33/h4-5,7-12,15-17,23H,3,6,13-14H2,1-2H3/t23-,28+/m1/s1. The average Bonchev–Trinajstić information content (AvgIpc) is 3.61. The smallest absolute Gasteiger partial charge is 0.291 e. The molecule has 224 valence electrons. The number of allylic oxidation sites excluding steroid dienone is 1. The molecule has 0 bridgehead atoms. The number of aryl methyl sites for hydroxylation is 1. The number of nitrogens with zero attached hydrogens (tertiary/aromatic N) is 6. The van der Waals surface area contributed by atoms with E-state index in [1.807, 2.05) is 0 Å². The van der Waals surface area contributed by atoms with Crippen LogP contribution in [-0.4, -0.2) is 56.1 Å². The van der Waals surface area contributed by atoms with Crippen LogP contribution in [0.1, 0.15) is 46.6 Å². The first-order valence-corrected chi connectivity index (χ1v) is 14.8. The summed E-state index contributed by atoms with van der Waals surface area (Å²) in [5, 5.41) is 8.42. The second kappa shape index (κ2) is 10.2. The van der Waals surface area contributed by atoms with Gasteiger partial charge < -0.3 is 0 Å². The van der Waals surface area contributed by atoms with Gasteiger partial charge in [-0.2, -0.15) is 27.7 Å². The summed E-state index contributed by atoms with van der Waals surface area (Å²) in [6.07, 6.45) is 3.02. The summed E-state index contributed by atoms with van der Waals surface area (Å²) in [7, 11) is -0.958. The van der Waals surface area contributed by atoms with Gasteiger partial charge >= 0.3 is 6.18 Å². The highest BCUT2D eigenvalue weighted by molar-refractivity contribution is 7.89. The monoisotopic (exact) mass is 614 g/mol. The summed E-state index contributed by atoms with van der Waals surface area (Å²) in [5.74, 6) is -1.04. The number of pyridine rings is 1. The van der Waals surface area contributed by atoms with Gasteiger partial charge in [0.05, 0.1) is 34.8 Å². The molecule has 3 heterocycles. The maximum absolute atomic E-state index is 14.3. The van der Waals surface area contributed by atoms with Crippen LogP contribution in [0.15, 0.2) is 71.7 Å². The van der Waals surface area contributed by atoms with Crippen molar-refractivity contribution in [1.82, 2.24) is 28.9 Å². The Morgan fingerprint density at radius 2 is 1.86 bits per heavy atom. The minimum atomic E-state index is -4.68. The number of carbonyl (C=O) groups is 1. The van der Waals surface area contributed by atoms with Crippen molar-refractivity contribution in [3.05, 3.63) is 95.1 Å². The van der Waals surface area contributed by atoms with Crippen molar-refractivity contribution in [2.75, 3.05) is 7.05 Å². The van der Waals surface area contributed by atoms with Gasteiger partial charge in [-0.3, -0.25) is 14.5 Å². The van der Waals surface area contributed by atoms with E-state index in [0.717, 1.165) is 18.3 Å². The third-order valence-electron chi connectivity index (χ3n) is 8.33. The molecule has 14 heteroatoms. The molecule has 0 amide bonds. The highest BCUT2D eigenvalue weighted by Crippen LogP contribution is 2.51. The molecule has 0 radical (unpaired) electrons. The number of ketones is 1. The second-order valence-corrected chi connectivity index (χ2v) is 12.9. The molecule has 1 aromatic carbocycles. The molecule has 2 aliphatic carbocycles. The van der Waals surface area contributed by atoms with E-state index in [2.05, 4.69) is 15.2 Å². The van der Waals surface area contributed by atoms with Gasteiger partial charge in [0, 0.05) is 32.5 Å². The number of fused-ring (bicyclic) bond motifs is 2. The van der Waals surface area contributed by atoms with Crippen LogP contribution in [-0.2, 0) is 29.7 Å². The second-order valence-electron chi connectivity index (χ2n) is 10.9. The molecular weight excluding hydrogens is 588 g/mol. The van der Waals surface area contributed by atoms with E-state index in [9.17, 15) is 30.8 Å². The zero-order valence-corrected chi connectivity index (χ0v) is 23.9. The maximum atomic E-state index is 14.3. The lowest BCUT2D eigenvalue weighted by Gasteiger charge is -2.45. The molecule has 0 aliphatic heterocycles. The van der Waals surface area contributed by atoms with Crippen LogP contribution in [0.2, 0.25) is 0 Å². The molecule has 1 fully saturated rings. The summed E-state index contributed by atoms with van der Waals surface area (Å²) in [5.41, 5.74) is -0.178. The van der Waals surface area contributed by atoms with Crippen molar-refractivity contribution in [3.63, 3.8) is 0 Å². The van der Waals surface area contributed by atoms with E-state index in [-0.39, 0.29) is 23.4 Å². The molecule has 0 saturated heterocycles. The predicted molar refractivity (Wildman–Crippen MR) is 147 cm³/mol. The van der Waals surface area contributed by atoms with E-state index < -0.39 is 44.8 Å². The molecule has 43 heavy (non-hydrogen) atoms. The number of benzene rings is 1. The van der Waals surface area contributed by atoms with Gasteiger partial charge in [-0.05, 0) is 73.7 Å². The molecule has 4 aromatic rings. The Hall–Kier alpha value is -4.17. The van der Waals surface area contributed by atoms with Crippen molar-refractivity contribution in [2.24, 2.45) is 12.5 Å². The van der Waals surface area contributed by atoms with E-state index in [4.69, 9.17) is 0 Å². The maximum Gasteiger partial charge on any atom is 0.416 e. The fourth-order valence-electron chi connectivity index (χ4n) is 6.05. The zero-order chi connectivity index (χ0) is 30.7. The first kappa shape index (κ1) is 28.9. The molecule has 9 nitrogen and oxygen atoms in total. The van der Waals surface area contributed by atoms with Crippen LogP contribution in [0.5, 0.6) is 0 Å². The highest BCUT2D eigenvalue weighted by atomic mass is 32.2. The number of halogens is 4. The Morgan fingerprint density at radius 3 is 2.53 bits per heavy atom. The van der Waals surface area contributed by atoms with E-state index in [1.165, 1.54) is 40.6 Å². The minimum absolute atomic E-state index is 0.00901. The van der Waals surface area contributed by atoms with E-state index in [0.29, 0.717) is 35.4 Å². The number of sulfonamides is 1. The summed E-state index contributed by atoms with van der Waals surface area (Å²) in [6.45, 7) is 0. The van der Waals surface area contributed by atoms with Crippen LogP contribution >= 0.6 is 0 Å². The van der Waals surface area contributed by atoms with Crippen molar-refractivity contribution in [3.8, 4) is 5.69 Å². The minimum Gasteiger partial charge on any atom is -0.291 e. The Kier molecular flexibility index (Phi) is 6.88. The number of hydrogen-bond acceptors (Lipinski definition) is 6. The number of carbonyl (C=O) groups excluding carboxylic acids is 1. The fraction of sp³-hybridized carbons (Fsp3) is 0.310. The SMILES string of the molecule is CN([C@@H]1CCC2=Cc3c(cnn3-c3ccc(F)cc3)C[C@]2(C(=O)c2cc(C(F)(F)F)ccn2)C1)S(=O)(=O)c1cnn(C)c1. The van der Waals surface area contributed by atoms with Crippen LogP contribution in [0.4, 0.5) is 17.6 Å². The van der Waals surface area contributed by atoms with Crippen molar-refractivity contribution in [1.29, 1.82) is 0 Å². The van der Waals surface area contributed by atoms with Gasteiger partial charge in [-0.1, -0.05) is 5.57 Å². The van der Waals surface area contributed by atoms with E-state index in [1.54, 1.807) is 36.1 Å². The summed E-state index contributed by atoms with van der Waals surface area (Å²) in [4.78, 5) is 18.3. The largest absolute Gasteiger partial charge is 0.416 e. The van der Waals surface area contributed by atoms with Gasteiger partial charge in [0.2, 0.25) is 10.0 Å². The number of alkyl halides is 3. The Morgan fingerprint density at radius 1 is 1.12 bits per heavy atom. The first-order valence-electron chi connectivity index (χ1n) is 13.4. The first-order chi connectivity index (χ1) is 20.3. The number of hydrogen-bond donors (Lipinski definition) is 0. The van der Waals surface area contributed by atoms with Gasteiger partial charge in [0.1, 0.15) is 16.4 Å². The van der Waals surface area contributed by atoms with Gasteiger partial charge in [0.25, 0.3) is 0 Å². The van der Waals surface area contributed by atoms with Crippen LogP contribution in [0, 0.1) is 11.2 Å². The molecule has 0 N–H and O–H groups in total. The highest BCUT2D eigenvalue weighted by Gasteiger charge is 2.51. The van der Waals surface area contributed by atoms with Crippen molar-refractivity contribution in [2.45, 2.75) is 42.8 Å². The van der Waals surface area contributed by atoms with E-state index >= 15 is 0 Å². The summed E-state index contributed by atoms with van der Waals surface area (Å²) >= 11 is 0. The summed E-state index contributed by atoms with van der Waals surface area (Å²) in [6, 6.07) is 6.63. The quantitative estimate of drug-likeness (QED) is 0.228. The Bertz CT molecular complexity index is 1860. The van der Waals surface area contributed by atoms with Crippen LogP contribution in [0.3, 0.4) is 0 Å². The van der Waals surface area contributed by atoms with Gasteiger partial charge in [-0.25, -0.2) is 17.5 Å². The molecule has 3 aromatic heterocycles. The molecule has 2 atom stereocenters. The average molecular weight is 615 g/mol. The molecule has 0 unspecified atom stereocenters.